The summed E-state index contributed by atoms with van der Waals surface area (Å²) in [6, 6.07) is 8.15. The zero-order valence-corrected chi connectivity index (χ0v) is 16.5. The molecule has 7 nitrogen and oxygen atoms in total. The molecule has 0 unspecified atom stereocenters. The fourth-order valence-electron chi connectivity index (χ4n) is 3.63. The zero-order valence-electron chi connectivity index (χ0n) is 16.5. The number of nitrogen functional groups attached to an aromatic ring is 1. The van der Waals surface area contributed by atoms with Crippen LogP contribution >= 0.6 is 0 Å². The van der Waals surface area contributed by atoms with Crippen LogP contribution in [0.3, 0.4) is 0 Å². The molecule has 4 rings (SSSR count). The van der Waals surface area contributed by atoms with Crippen molar-refractivity contribution in [3.05, 3.63) is 64.2 Å². The number of hydrogen-bond donors (Lipinski definition) is 1. The van der Waals surface area contributed by atoms with E-state index in [9.17, 15) is 9.18 Å². The number of amides is 1. The maximum atomic E-state index is 14.9. The minimum absolute atomic E-state index is 0.0229. The third-order valence-corrected chi connectivity index (χ3v) is 5.14. The molecule has 0 atom stereocenters. The number of ether oxygens (including phenoxy) is 1. The molecule has 3 aromatic rings. The van der Waals surface area contributed by atoms with Crippen LogP contribution in [0.1, 0.15) is 46.1 Å². The first-order valence-corrected chi connectivity index (χ1v) is 9.64. The highest BCUT2D eigenvalue weighted by molar-refractivity contribution is 5.99. The van der Waals surface area contributed by atoms with Crippen molar-refractivity contribution in [3.8, 4) is 6.07 Å². The minimum Gasteiger partial charge on any atom is -0.383 e. The molecule has 0 radical (unpaired) electrons. The smallest absolute Gasteiger partial charge is 0.257 e. The Bertz CT molecular complexity index is 1170. The number of pyridine rings is 2. The second-order valence-corrected chi connectivity index (χ2v) is 7.17. The van der Waals surface area contributed by atoms with Gasteiger partial charge in [-0.2, -0.15) is 5.26 Å². The molecule has 152 valence electrons. The Morgan fingerprint density at radius 2 is 2.13 bits per heavy atom. The molecule has 30 heavy (non-hydrogen) atoms. The van der Waals surface area contributed by atoms with E-state index in [2.05, 4.69) is 9.97 Å². The van der Waals surface area contributed by atoms with E-state index >= 15 is 0 Å². The van der Waals surface area contributed by atoms with Gasteiger partial charge >= 0.3 is 0 Å². The zero-order chi connectivity index (χ0) is 21.3. The number of anilines is 1. The molecule has 0 bridgehead atoms. The van der Waals surface area contributed by atoms with Crippen molar-refractivity contribution in [2.75, 3.05) is 12.3 Å². The monoisotopic (exact) mass is 405 g/mol. The predicted molar refractivity (Wildman–Crippen MR) is 109 cm³/mol. The maximum absolute atomic E-state index is 14.9. The molecule has 1 aliphatic heterocycles. The summed E-state index contributed by atoms with van der Waals surface area (Å²) in [7, 11) is 0. The molecule has 1 amide bonds. The van der Waals surface area contributed by atoms with Crippen molar-refractivity contribution in [1.82, 2.24) is 14.9 Å². The van der Waals surface area contributed by atoms with Crippen LogP contribution in [0.2, 0.25) is 0 Å². The number of rotatable bonds is 5. The summed E-state index contributed by atoms with van der Waals surface area (Å²) in [5.74, 6) is -0.743. The Labute approximate surface area is 172 Å². The van der Waals surface area contributed by atoms with Gasteiger partial charge < -0.3 is 15.4 Å². The third kappa shape index (κ3) is 3.55. The number of carbonyl (C=O) groups is 1. The summed E-state index contributed by atoms with van der Waals surface area (Å²) in [4.78, 5) is 23.3. The van der Waals surface area contributed by atoms with Gasteiger partial charge in [-0.15, -0.1) is 0 Å². The molecule has 2 aromatic heterocycles. The van der Waals surface area contributed by atoms with E-state index in [4.69, 9.17) is 15.7 Å². The summed E-state index contributed by atoms with van der Waals surface area (Å²) in [5.41, 5.74) is 9.05. The van der Waals surface area contributed by atoms with Crippen LogP contribution in [-0.4, -0.2) is 27.3 Å². The van der Waals surface area contributed by atoms with Gasteiger partial charge in [0.1, 0.15) is 17.7 Å². The number of nitrogens with zero attached hydrogens (tertiary/aromatic N) is 4. The van der Waals surface area contributed by atoms with Crippen molar-refractivity contribution in [2.24, 2.45) is 0 Å². The number of hydrogen-bond acceptors (Lipinski definition) is 6. The van der Waals surface area contributed by atoms with Crippen LogP contribution < -0.4 is 5.73 Å². The fourth-order valence-corrected chi connectivity index (χ4v) is 3.63. The molecule has 0 saturated carbocycles. The van der Waals surface area contributed by atoms with E-state index in [1.165, 1.54) is 12.3 Å². The number of halogens is 1. The quantitative estimate of drug-likeness (QED) is 0.698. The summed E-state index contributed by atoms with van der Waals surface area (Å²) >= 11 is 0. The van der Waals surface area contributed by atoms with Crippen molar-refractivity contribution in [3.63, 3.8) is 0 Å². The largest absolute Gasteiger partial charge is 0.383 e. The molecular formula is C22H20FN5O2. The van der Waals surface area contributed by atoms with Crippen molar-refractivity contribution in [1.29, 1.82) is 5.26 Å². The molecule has 0 saturated heterocycles. The second kappa shape index (κ2) is 8.05. The van der Waals surface area contributed by atoms with E-state index in [-0.39, 0.29) is 12.1 Å². The summed E-state index contributed by atoms with van der Waals surface area (Å²) < 4.78 is 20.4. The topological polar surface area (TPSA) is 105 Å². The van der Waals surface area contributed by atoms with Crippen molar-refractivity contribution >= 4 is 22.6 Å². The fraction of sp³-hybridized carbons (Fsp3) is 0.273. The normalized spacial score (nSPS) is 12.6. The molecule has 0 aliphatic carbocycles. The van der Waals surface area contributed by atoms with E-state index in [0.717, 1.165) is 11.1 Å². The highest BCUT2D eigenvalue weighted by Gasteiger charge is 2.24. The Hall–Kier alpha value is -3.57. The van der Waals surface area contributed by atoms with Crippen LogP contribution in [0.25, 0.3) is 10.9 Å². The predicted octanol–water partition coefficient (Wildman–Crippen LogP) is 3.31. The first-order valence-electron chi connectivity index (χ1n) is 9.64. The number of nitriles is 1. The maximum Gasteiger partial charge on any atom is 0.257 e. The molecule has 1 aromatic carbocycles. The number of nitrogens with two attached hydrogens (primary N) is 1. The van der Waals surface area contributed by atoms with Crippen LogP contribution in [0.4, 0.5) is 10.2 Å². The highest BCUT2D eigenvalue weighted by Crippen LogP contribution is 2.32. The van der Waals surface area contributed by atoms with Gasteiger partial charge in [0.15, 0.2) is 0 Å². The molecule has 1 aliphatic rings. The molecule has 8 heteroatoms. The van der Waals surface area contributed by atoms with E-state index in [1.54, 1.807) is 23.1 Å². The average Bonchev–Trinajstić information content (AvgIpc) is 3.24. The third-order valence-electron chi connectivity index (χ3n) is 5.14. The van der Waals surface area contributed by atoms with Gasteiger partial charge in [0, 0.05) is 29.8 Å². The van der Waals surface area contributed by atoms with Crippen LogP contribution in [0.15, 0.2) is 30.5 Å². The lowest BCUT2D eigenvalue weighted by atomic mass is 10.0. The van der Waals surface area contributed by atoms with Crippen LogP contribution in [-0.2, 0) is 24.5 Å². The lowest BCUT2D eigenvalue weighted by Crippen LogP contribution is -2.32. The lowest BCUT2D eigenvalue weighted by Gasteiger charge is -2.22. The number of fused-ring (bicyclic) bond motifs is 3. The second-order valence-electron chi connectivity index (χ2n) is 7.17. The first kappa shape index (κ1) is 19.7. The van der Waals surface area contributed by atoms with Gasteiger partial charge in [-0.25, -0.2) is 9.37 Å². The Kier molecular flexibility index (Phi) is 5.29. The Morgan fingerprint density at radius 3 is 2.83 bits per heavy atom. The Balaban J connectivity index is 1.71. The van der Waals surface area contributed by atoms with Gasteiger partial charge in [0.2, 0.25) is 0 Å². The van der Waals surface area contributed by atoms with Gasteiger partial charge in [-0.3, -0.25) is 9.78 Å². The van der Waals surface area contributed by atoms with Crippen molar-refractivity contribution in [2.45, 2.75) is 33.1 Å². The summed E-state index contributed by atoms with van der Waals surface area (Å²) in [6.07, 6.45) is 2.17. The number of carbonyl (C=O) groups excluding carboxylic acids is 1. The molecular weight excluding hydrogens is 385 g/mol. The van der Waals surface area contributed by atoms with Gasteiger partial charge in [0.25, 0.3) is 5.91 Å². The number of benzene rings is 1. The Morgan fingerprint density at radius 1 is 1.33 bits per heavy atom. The minimum atomic E-state index is -0.646. The average molecular weight is 405 g/mol. The van der Waals surface area contributed by atoms with E-state index in [0.29, 0.717) is 54.2 Å². The van der Waals surface area contributed by atoms with Gasteiger partial charge in [0.05, 0.1) is 42.1 Å². The van der Waals surface area contributed by atoms with Gasteiger partial charge in [-0.1, -0.05) is 6.92 Å². The molecule has 0 spiro atoms. The first-order chi connectivity index (χ1) is 14.5. The lowest BCUT2D eigenvalue weighted by molar-refractivity contribution is 0.0736. The highest BCUT2D eigenvalue weighted by atomic mass is 19.1. The van der Waals surface area contributed by atoms with Crippen LogP contribution in [0.5, 0.6) is 0 Å². The van der Waals surface area contributed by atoms with E-state index in [1.807, 2.05) is 13.0 Å². The number of aromatic nitrogens is 2. The van der Waals surface area contributed by atoms with Crippen LogP contribution in [0, 0.1) is 17.1 Å². The van der Waals surface area contributed by atoms with Gasteiger partial charge in [-0.05, 0) is 30.2 Å². The standard InChI is InChI=1S/C22H20FN5O2/c1-2-5-28(10-14-4-3-13(8-24)9-26-14)22(29)16-6-15-17-11-30-12-18(17)21(25)27-20(15)7-19(16)23/h3-4,6-7,9H,2,5,10-12H2,1H3,(H2,25,27). The molecule has 2 N–H and O–H groups in total. The SMILES string of the molecule is CCCN(Cc1ccc(C#N)cn1)C(=O)c1cc2c3c(c(N)nc2cc1F)COC3. The summed E-state index contributed by atoms with van der Waals surface area (Å²) in [6.45, 7) is 3.32. The summed E-state index contributed by atoms with van der Waals surface area (Å²) in [5, 5.41) is 9.59. The molecule has 3 heterocycles. The molecule has 0 fully saturated rings. The van der Waals surface area contributed by atoms with Crippen molar-refractivity contribution < 1.29 is 13.9 Å². The van der Waals surface area contributed by atoms with E-state index < -0.39 is 11.7 Å².